The van der Waals surface area contributed by atoms with E-state index in [1.165, 1.54) is 19.4 Å². The first kappa shape index (κ1) is 23.9. The number of aromatic nitrogens is 4. The van der Waals surface area contributed by atoms with Crippen molar-refractivity contribution in [2.75, 3.05) is 23.9 Å². The number of amides is 1. The Balaban J connectivity index is 1.72. The number of aliphatic carboxylic acids is 2. The molecule has 0 aliphatic heterocycles. The Morgan fingerprint density at radius 3 is 2.59 bits per heavy atom. The highest BCUT2D eigenvalue weighted by Crippen LogP contribution is 2.24. The van der Waals surface area contributed by atoms with Crippen molar-refractivity contribution in [2.24, 2.45) is 0 Å². The van der Waals surface area contributed by atoms with Gasteiger partial charge in [0.1, 0.15) is 11.8 Å². The summed E-state index contributed by atoms with van der Waals surface area (Å²) in [6.07, 6.45) is 0.844. The number of carboxylic acid groups (broad SMARTS) is 2. The second kappa shape index (κ2) is 10.2. The molecule has 14 nitrogen and oxygen atoms in total. The molecule has 0 radical (unpaired) electrons. The largest absolute Gasteiger partial charge is 0.496 e. The number of nitrogen functional groups attached to an aromatic ring is 2. The number of nitrogens with two attached hydrogens (primary N) is 2. The van der Waals surface area contributed by atoms with Crippen LogP contribution in [0.3, 0.4) is 0 Å². The van der Waals surface area contributed by atoms with Crippen molar-refractivity contribution in [1.82, 2.24) is 25.3 Å². The molecule has 0 saturated carbocycles. The van der Waals surface area contributed by atoms with Crippen LogP contribution in [0.4, 0.5) is 17.5 Å². The van der Waals surface area contributed by atoms with Crippen molar-refractivity contribution in [1.29, 1.82) is 0 Å². The molecule has 2 aromatic heterocycles. The Hall–Kier alpha value is -4.75. The van der Waals surface area contributed by atoms with E-state index in [0.717, 1.165) is 0 Å². The van der Waals surface area contributed by atoms with E-state index in [1.54, 1.807) is 12.1 Å². The molecule has 0 fully saturated rings. The maximum absolute atomic E-state index is 12.6. The van der Waals surface area contributed by atoms with Crippen molar-refractivity contribution < 1.29 is 29.3 Å². The van der Waals surface area contributed by atoms with E-state index in [0.29, 0.717) is 16.9 Å². The summed E-state index contributed by atoms with van der Waals surface area (Å²) in [6.45, 7) is 0.248. The highest BCUT2D eigenvalue weighted by Gasteiger charge is 2.23. The van der Waals surface area contributed by atoms with Crippen LogP contribution in [0.2, 0.25) is 0 Å². The van der Waals surface area contributed by atoms with Crippen LogP contribution in [0.5, 0.6) is 5.75 Å². The van der Waals surface area contributed by atoms with Gasteiger partial charge in [0.25, 0.3) is 5.91 Å². The summed E-state index contributed by atoms with van der Waals surface area (Å²) in [7, 11) is 1.36. The monoisotopic (exact) mass is 470 g/mol. The number of ether oxygens (including phenoxy) is 1. The van der Waals surface area contributed by atoms with E-state index in [-0.39, 0.29) is 41.7 Å². The number of hydrogen-bond acceptors (Lipinski definition) is 11. The predicted molar refractivity (Wildman–Crippen MR) is 120 cm³/mol. The highest BCUT2D eigenvalue weighted by atomic mass is 16.5. The van der Waals surface area contributed by atoms with Gasteiger partial charge in [-0.3, -0.25) is 9.59 Å². The third kappa shape index (κ3) is 5.73. The van der Waals surface area contributed by atoms with Crippen LogP contribution in [-0.2, 0) is 16.1 Å². The topological polar surface area (TPSA) is 229 Å². The minimum absolute atomic E-state index is 0.00189. The number of nitrogens with zero attached hydrogens (tertiary/aromatic N) is 4. The van der Waals surface area contributed by atoms with Gasteiger partial charge in [-0.15, -0.1) is 0 Å². The van der Waals surface area contributed by atoms with Crippen LogP contribution < -0.4 is 26.8 Å². The highest BCUT2D eigenvalue weighted by molar-refractivity contribution is 5.99. The summed E-state index contributed by atoms with van der Waals surface area (Å²) < 4.78 is 5.27. The molecule has 3 rings (SSSR count). The fourth-order valence-electron chi connectivity index (χ4n) is 3.01. The Labute approximate surface area is 192 Å². The number of carbonyl (C=O) groups excluding carboxylic acids is 1. The van der Waals surface area contributed by atoms with Crippen molar-refractivity contribution in [3.05, 3.63) is 35.7 Å². The van der Waals surface area contributed by atoms with E-state index in [4.69, 9.17) is 21.3 Å². The van der Waals surface area contributed by atoms with E-state index < -0.39 is 30.3 Å². The number of carboxylic acids is 2. The molecule has 3 aromatic rings. The number of methoxy groups -OCH3 is 1. The molecule has 1 atom stereocenters. The normalized spacial score (nSPS) is 11.6. The Bertz CT molecular complexity index is 1250. The van der Waals surface area contributed by atoms with E-state index in [1.807, 2.05) is 0 Å². The average Bonchev–Trinajstić information content (AvgIpc) is 2.79. The maximum Gasteiger partial charge on any atom is 0.326 e. The summed E-state index contributed by atoms with van der Waals surface area (Å²) in [5, 5.41) is 23.4. The molecule has 0 spiro atoms. The zero-order valence-corrected chi connectivity index (χ0v) is 18.0. The third-order valence-electron chi connectivity index (χ3n) is 4.67. The molecule has 14 heteroatoms. The smallest absolute Gasteiger partial charge is 0.326 e. The zero-order valence-electron chi connectivity index (χ0n) is 18.0. The number of anilines is 3. The minimum atomic E-state index is -1.36. The van der Waals surface area contributed by atoms with Gasteiger partial charge in [0.2, 0.25) is 5.95 Å². The first-order chi connectivity index (χ1) is 16.2. The molecule has 0 bridgehead atoms. The summed E-state index contributed by atoms with van der Waals surface area (Å²) in [5.74, 6) is -2.92. The van der Waals surface area contributed by atoms with Crippen molar-refractivity contribution in [2.45, 2.75) is 25.4 Å². The maximum atomic E-state index is 12.6. The number of nitrogens with one attached hydrogen (secondary N) is 2. The molecule has 1 amide bonds. The van der Waals surface area contributed by atoms with Gasteiger partial charge < -0.3 is 37.1 Å². The summed E-state index contributed by atoms with van der Waals surface area (Å²) in [4.78, 5) is 51.0. The minimum Gasteiger partial charge on any atom is -0.496 e. The van der Waals surface area contributed by atoms with Crippen LogP contribution in [0, 0.1) is 0 Å². The Morgan fingerprint density at radius 1 is 1.15 bits per heavy atom. The van der Waals surface area contributed by atoms with Gasteiger partial charge >= 0.3 is 11.9 Å². The van der Waals surface area contributed by atoms with E-state index in [9.17, 15) is 19.5 Å². The second-order valence-electron chi connectivity index (χ2n) is 7.07. The fraction of sp³-hybridized carbons (Fsp3) is 0.250. The molecular formula is C20H22N8O6. The van der Waals surface area contributed by atoms with Crippen LogP contribution >= 0.6 is 0 Å². The molecule has 8 N–H and O–H groups in total. The zero-order chi connectivity index (χ0) is 24.8. The van der Waals surface area contributed by atoms with Gasteiger partial charge in [0.05, 0.1) is 31.1 Å². The second-order valence-corrected chi connectivity index (χ2v) is 7.07. The van der Waals surface area contributed by atoms with Crippen LogP contribution in [0.1, 0.15) is 28.9 Å². The lowest BCUT2D eigenvalue weighted by molar-refractivity contribution is -0.140. The molecule has 1 aromatic carbocycles. The van der Waals surface area contributed by atoms with Crippen LogP contribution in [0.15, 0.2) is 24.4 Å². The molecule has 2 heterocycles. The van der Waals surface area contributed by atoms with Crippen LogP contribution in [-0.4, -0.2) is 61.1 Å². The van der Waals surface area contributed by atoms with Gasteiger partial charge in [0.15, 0.2) is 17.0 Å². The Morgan fingerprint density at radius 2 is 1.91 bits per heavy atom. The third-order valence-corrected chi connectivity index (χ3v) is 4.67. The van der Waals surface area contributed by atoms with Gasteiger partial charge in [-0.1, -0.05) is 0 Å². The quantitative estimate of drug-likeness (QED) is 0.234. The van der Waals surface area contributed by atoms with Crippen molar-refractivity contribution in [3.8, 4) is 5.75 Å². The first-order valence-electron chi connectivity index (χ1n) is 9.90. The van der Waals surface area contributed by atoms with Crippen LogP contribution in [0.25, 0.3) is 11.2 Å². The lowest BCUT2D eigenvalue weighted by atomic mass is 10.1. The molecule has 0 unspecified atom stereocenters. The summed E-state index contributed by atoms with van der Waals surface area (Å²) in [6, 6.07) is 3.24. The number of rotatable bonds is 10. The molecule has 0 aliphatic rings. The fourth-order valence-corrected chi connectivity index (χ4v) is 3.01. The Kier molecular flexibility index (Phi) is 7.20. The van der Waals surface area contributed by atoms with Gasteiger partial charge in [-0.2, -0.15) is 9.97 Å². The summed E-state index contributed by atoms with van der Waals surface area (Å²) >= 11 is 0. The lowest BCUT2D eigenvalue weighted by Crippen LogP contribution is -2.41. The van der Waals surface area contributed by atoms with Crippen molar-refractivity contribution in [3.63, 3.8) is 0 Å². The number of carbonyl (C=O) groups is 3. The SMILES string of the molecule is COc1cc(NCc2cnc3nc(N)nc(N)c3n2)ccc1C(=O)N[C@@H](CCC(=O)O)C(=O)O. The number of benzene rings is 1. The first-order valence-corrected chi connectivity index (χ1v) is 9.90. The average molecular weight is 470 g/mol. The van der Waals surface area contributed by atoms with Crippen molar-refractivity contribution >= 4 is 46.5 Å². The van der Waals surface area contributed by atoms with Gasteiger partial charge in [0, 0.05) is 18.2 Å². The lowest BCUT2D eigenvalue weighted by Gasteiger charge is -2.16. The number of hydrogen-bond donors (Lipinski definition) is 6. The standard InChI is InChI=1S/C20H22N8O6/c1-34-13-6-9(2-3-11(13)18(31)26-12(19(32)33)4-5-14(29)30)23-7-10-8-24-17-15(25-10)16(21)27-20(22)28-17/h2-3,6,8,12,23H,4-5,7H2,1H3,(H,26,31)(H,29,30)(H,32,33)(H4,21,22,24,27,28)/t12-/m0/s1. The van der Waals surface area contributed by atoms with E-state index >= 15 is 0 Å². The number of fused-ring (bicyclic) bond motifs is 1. The summed E-state index contributed by atoms with van der Waals surface area (Å²) in [5.41, 5.74) is 13.2. The molecule has 0 saturated heterocycles. The van der Waals surface area contributed by atoms with E-state index in [2.05, 4.69) is 30.6 Å². The molecular weight excluding hydrogens is 448 g/mol. The van der Waals surface area contributed by atoms with Gasteiger partial charge in [-0.05, 0) is 18.6 Å². The predicted octanol–water partition coefficient (Wildman–Crippen LogP) is 0.253. The molecule has 178 valence electrons. The molecule has 0 aliphatic carbocycles. The molecule has 34 heavy (non-hydrogen) atoms. The van der Waals surface area contributed by atoms with Gasteiger partial charge in [-0.25, -0.2) is 14.8 Å².